The van der Waals surface area contributed by atoms with Crippen LogP contribution >= 0.6 is 0 Å². The first-order valence-corrected chi connectivity index (χ1v) is 8.20. The number of nitrogens with zero attached hydrogens (tertiary/aromatic N) is 4. The smallest absolute Gasteiger partial charge is 0.137 e. The molecule has 0 saturated heterocycles. The summed E-state index contributed by atoms with van der Waals surface area (Å²) in [6.45, 7) is 0.880. The highest BCUT2D eigenvalue weighted by Crippen LogP contribution is 2.31. The van der Waals surface area contributed by atoms with Crippen molar-refractivity contribution >= 4 is 28.9 Å². The second-order valence-electron chi connectivity index (χ2n) is 6.34. The van der Waals surface area contributed by atoms with E-state index in [9.17, 15) is 0 Å². The molecule has 118 valence electrons. The summed E-state index contributed by atoms with van der Waals surface area (Å²) in [6.07, 6.45) is 13.0. The largest absolute Gasteiger partial charge is 0.347 e. The van der Waals surface area contributed by atoms with Crippen LogP contribution in [0.2, 0.25) is 0 Å². The Hall–Kier alpha value is -3.01. The summed E-state index contributed by atoms with van der Waals surface area (Å²) in [6, 6.07) is 12.7. The van der Waals surface area contributed by atoms with Crippen LogP contribution in [-0.2, 0) is 6.54 Å². The molecule has 0 radical (unpaired) electrons. The highest BCUT2D eigenvalue weighted by molar-refractivity contribution is 5.86. The Balaban J connectivity index is 1.52. The van der Waals surface area contributed by atoms with Crippen LogP contribution in [0.4, 0.5) is 5.82 Å². The molecule has 0 saturated carbocycles. The highest BCUT2D eigenvalue weighted by Gasteiger charge is 2.26. The van der Waals surface area contributed by atoms with Gasteiger partial charge in [-0.15, -0.1) is 0 Å². The Bertz CT molecular complexity index is 982. The Labute approximate surface area is 140 Å². The molecule has 2 aromatic heterocycles. The topological polar surface area (TPSA) is 24.3 Å². The quantitative estimate of drug-likeness (QED) is 0.683. The lowest BCUT2D eigenvalue weighted by Gasteiger charge is -2.39. The molecule has 24 heavy (non-hydrogen) atoms. The summed E-state index contributed by atoms with van der Waals surface area (Å²) < 4.78 is 2.24. The molecule has 0 amide bonds. The minimum absolute atomic E-state index is 0.172. The maximum Gasteiger partial charge on any atom is 0.137 e. The number of pyridine rings is 1. The summed E-state index contributed by atoms with van der Waals surface area (Å²) in [5.74, 6) is 1.03. The molecule has 1 unspecified atom stereocenters. The van der Waals surface area contributed by atoms with Gasteiger partial charge >= 0.3 is 0 Å². The third-order valence-corrected chi connectivity index (χ3v) is 4.95. The van der Waals surface area contributed by atoms with Gasteiger partial charge in [0.2, 0.25) is 0 Å². The normalized spacial score (nSPS) is 18.8. The highest BCUT2D eigenvalue weighted by atomic mass is 15.4. The molecular weight excluding hydrogens is 296 g/mol. The Morgan fingerprint density at radius 3 is 2.96 bits per heavy atom. The number of aromatic nitrogens is 2. The molecule has 1 aromatic carbocycles. The summed E-state index contributed by atoms with van der Waals surface area (Å²) >= 11 is 0. The molecule has 0 aliphatic carbocycles. The zero-order valence-electron chi connectivity index (χ0n) is 13.5. The van der Waals surface area contributed by atoms with Gasteiger partial charge in [-0.05, 0) is 18.2 Å². The first-order valence-electron chi connectivity index (χ1n) is 8.20. The van der Waals surface area contributed by atoms with Gasteiger partial charge in [0.1, 0.15) is 12.0 Å². The fourth-order valence-corrected chi connectivity index (χ4v) is 3.72. The second-order valence-corrected chi connectivity index (χ2v) is 6.34. The molecule has 3 aromatic rings. The molecule has 0 bridgehead atoms. The number of hydrogen-bond acceptors (Lipinski definition) is 3. The van der Waals surface area contributed by atoms with Crippen molar-refractivity contribution in [2.24, 2.45) is 0 Å². The van der Waals surface area contributed by atoms with Gasteiger partial charge < -0.3 is 14.4 Å². The van der Waals surface area contributed by atoms with E-state index in [2.05, 4.69) is 87.5 Å². The van der Waals surface area contributed by atoms with Crippen LogP contribution in [0.1, 0.15) is 11.3 Å². The van der Waals surface area contributed by atoms with E-state index in [-0.39, 0.29) is 6.17 Å². The summed E-state index contributed by atoms with van der Waals surface area (Å²) in [5.41, 5.74) is 2.51. The van der Waals surface area contributed by atoms with Gasteiger partial charge in [0.05, 0.1) is 6.54 Å². The molecular formula is C20H18N4. The van der Waals surface area contributed by atoms with E-state index in [1.807, 2.05) is 12.3 Å². The average molecular weight is 314 g/mol. The van der Waals surface area contributed by atoms with Crippen molar-refractivity contribution < 1.29 is 0 Å². The Morgan fingerprint density at radius 1 is 1.08 bits per heavy atom. The zero-order valence-corrected chi connectivity index (χ0v) is 13.5. The third-order valence-electron chi connectivity index (χ3n) is 4.95. The lowest BCUT2D eigenvalue weighted by molar-refractivity contribution is 0.298. The van der Waals surface area contributed by atoms with Crippen LogP contribution in [0.15, 0.2) is 61.1 Å². The number of anilines is 1. The van der Waals surface area contributed by atoms with Crippen molar-refractivity contribution in [3.05, 3.63) is 72.3 Å². The van der Waals surface area contributed by atoms with Gasteiger partial charge in [-0.2, -0.15) is 0 Å². The van der Waals surface area contributed by atoms with Crippen molar-refractivity contribution in [2.75, 3.05) is 11.9 Å². The molecule has 0 fully saturated rings. The monoisotopic (exact) mass is 314 g/mol. The minimum Gasteiger partial charge on any atom is -0.347 e. The van der Waals surface area contributed by atoms with Crippen LogP contribution in [0.25, 0.3) is 23.0 Å². The van der Waals surface area contributed by atoms with Crippen molar-refractivity contribution in [2.45, 2.75) is 12.7 Å². The molecule has 0 spiro atoms. The third kappa shape index (κ3) is 1.89. The Morgan fingerprint density at radius 2 is 2.00 bits per heavy atom. The van der Waals surface area contributed by atoms with Crippen molar-refractivity contribution in [1.29, 1.82) is 0 Å². The summed E-state index contributed by atoms with van der Waals surface area (Å²) in [7, 11) is 2.11. The van der Waals surface area contributed by atoms with E-state index in [1.54, 1.807) is 0 Å². The maximum absolute atomic E-state index is 4.55. The van der Waals surface area contributed by atoms with Gasteiger partial charge in [-0.1, -0.05) is 30.3 Å². The van der Waals surface area contributed by atoms with Gasteiger partial charge in [0, 0.05) is 53.9 Å². The second kappa shape index (κ2) is 4.99. The first-order chi connectivity index (χ1) is 11.8. The van der Waals surface area contributed by atoms with Crippen LogP contribution < -0.4 is 4.90 Å². The van der Waals surface area contributed by atoms with Gasteiger partial charge in [0.15, 0.2) is 0 Å². The van der Waals surface area contributed by atoms with Crippen molar-refractivity contribution in [1.82, 2.24) is 14.5 Å². The van der Waals surface area contributed by atoms with E-state index < -0.39 is 0 Å². The van der Waals surface area contributed by atoms with E-state index >= 15 is 0 Å². The van der Waals surface area contributed by atoms with Crippen LogP contribution in [0.5, 0.6) is 0 Å². The summed E-state index contributed by atoms with van der Waals surface area (Å²) in [4.78, 5) is 9.14. The molecule has 2 aliphatic heterocycles. The Kier molecular flexibility index (Phi) is 2.80. The van der Waals surface area contributed by atoms with Gasteiger partial charge in [0.25, 0.3) is 0 Å². The SMILES string of the molecule is CN1c2ncccc2C=CC1N1C=Cn2cc3ccccc3c2C1. The number of benzene rings is 1. The number of likely N-dealkylation sites (N-methyl/N-ethyl adjacent to an activating group) is 1. The maximum atomic E-state index is 4.55. The van der Waals surface area contributed by atoms with Gasteiger partial charge in [-0.25, -0.2) is 4.98 Å². The predicted molar refractivity (Wildman–Crippen MR) is 98.3 cm³/mol. The zero-order chi connectivity index (χ0) is 16.1. The lowest BCUT2D eigenvalue weighted by atomic mass is 10.1. The van der Waals surface area contributed by atoms with E-state index in [1.165, 1.54) is 22.0 Å². The number of fused-ring (bicyclic) bond motifs is 4. The fraction of sp³-hybridized carbons (Fsp3) is 0.150. The van der Waals surface area contributed by atoms with Crippen molar-refractivity contribution in [3.8, 4) is 0 Å². The molecule has 2 aliphatic rings. The molecule has 5 rings (SSSR count). The fourth-order valence-electron chi connectivity index (χ4n) is 3.72. The molecule has 4 heteroatoms. The number of hydrogen-bond donors (Lipinski definition) is 0. The van der Waals surface area contributed by atoms with Crippen LogP contribution in [0, 0.1) is 0 Å². The minimum atomic E-state index is 0.172. The van der Waals surface area contributed by atoms with E-state index in [0.717, 1.165) is 12.4 Å². The predicted octanol–water partition coefficient (Wildman–Crippen LogP) is 3.77. The first kappa shape index (κ1) is 13.4. The van der Waals surface area contributed by atoms with E-state index in [0.29, 0.717) is 0 Å². The standard InChI is InChI=1S/C20H18N4/c1-22-19(9-8-15-6-4-10-21-20(15)22)24-12-11-23-13-16-5-2-3-7-17(16)18(23)14-24/h2-13,19H,14H2,1H3. The molecule has 1 atom stereocenters. The number of rotatable bonds is 1. The van der Waals surface area contributed by atoms with E-state index in [4.69, 9.17) is 0 Å². The average Bonchev–Trinajstić information content (AvgIpc) is 3.00. The molecule has 0 N–H and O–H groups in total. The van der Waals surface area contributed by atoms with Crippen LogP contribution in [0.3, 0.4) is 0 Å². The lowest BCUT2D eigenvalue weighted by Crippen LogP contribution is -2.45. The molecule has 4 nitrogen and oxygen atoms in total. The van der Waals surface area contributed by atoms with Gasteiger partial charge in [-0.3, -0.25) is 0 Å². The molecule has 4 heterocycles. The summed E-state index contributed by atoms with van der Waals surface area (Å²) in [5, 5.41) is 2.62. The van der Waals surface area contributed by atoms with Crippen LogP contribution in [-0.4, -0.2) is 27.7 Å². The van der Waals surface area contributed by atoms with Crippen molar-refractivity contribution in [3.63, 3.8) is 0 Å².